The predicted octanol–water partition coefficient (Wildman–Crippen LogP) is 1.48. The van der Waals surface area contributed by atoms with Crippen LogP contribution in [0.4, 0.5) is 8.78 Å². The summed E-state index contributed by atoms with van der Waals surface area (Å²) in [7, 11) is 0. The fourth-order valence-corrected chi connectivity index (χ4v) is 2.13. The molecule has 0 saturated carbocycles. The molecule has 0 aliphatic carbocycles. The molecule has 0 aromatic heterocycles. The van der Waals surface area contributed by atoms with Gasteiger partial charge in [0.2, 0.25) is 0 Å². The zero-order valence-electron chi connectivity index (χ0n) is 10.4. The van der Waals surface area contributed by atoms with Crippen molar-refractivity contribution in [3.05, 3.63) is 23.8 Å². The van der Waals surface area contributed by atoms with Gasteiger partial charge < -0.3 is 19.7 Å². The number of carbonyl (C=O) groups excluding carboxylic acids is 1. The largest absolute Gasteiger partial charge is 0.586 e. The molecule has 0 bridgehead atoms. The van der Waals surface area contributed by atoms with E-state index in [9.17, 15) is 13.6 Å². The Kier molecular flexibility index (Phi) is 4.01. The molecular formula is C12H13ClF2N2O3. The van der Waals surface area contributed by atoms with Gasteiger partial charge in [-0.25, -0.2) is 0 Å². The van der Waals surface area contributed by atoms with E-state index < -0.39 is 6.29 Å². The van der Waals surface area contributed by atoms with Crippen LogP contribution >= 0.6 is 12.4 Å². The molecule has 1 fully saturated rings. The van der Waals surface area contributed by atoms with Crippen molar-refractivity contribution in [2.75, 3.05) is 26.2 Å². The monoisotopic (exact) mass is 306 g/mol. The van der Waals surface area contributed by atoms with E-state index in [1.54, 1.807) is 4.90 Å². The van der Waals surface area contributed by atoms with Crippen LogP contribution in [-0.4, -0.2) is 43.3 Å². The third-order valence-corrected chi connectivity index (χ3v) is 3.05. The highest BCUT2D eigenvalue weighted by Gasteiger charge is 2.43. The number of halogens is 3. The van der Waals surface area contributed by atoms with Crippen LogP contribution in [0.15, 0.2) is 18.2 Å². The number of rotatable bonds is 1. The van der Waals surface area contributed by atoms with Gasteiger partial charge in [-0.2, -0.15) is 0 Å². The summed E-state index contributed by atoms with van der Waals surface area (Å²) in [5.74, 6) is -0.351. The van der Waals surface area contributed by atoms with Gasteiger partial charge >= 0.3 is 6.29 Å². The maximum absolute atomic E-state index is 12.9. The Labute approximate surface area is 120 Å². The standard InChI is InChI=1S/C12H12F2N2O3.ClH/c13-12(14)18-9-2-1-8(7-10(9)19-12)11(17)16-5-3-15-4-6-16;/h1-2,7,15H,3-6H2;1H. The van der Waals surface area contributed by atoms with Crippen LogP contribution < -0.4 is 14.8 Å². The smallest absolute Gasteiger partial charge is 0.395 e. The number of ether oxygens (including phenoxy) is 2. The molecule has 2 aliphatic heterocycles. The first-order valence-electron chi connectivity index (χ1n) is 5.95. The van der Waals surface area contributed by atoms with Crippen molar-refractivity contribution in [3.63, 3.8) is 0 Å². The Balaban J connectivity index is 0.00000147. The Morgan fingerprint density at radius 2 is 1.85 bits per heavy atom. The SMILES string of the molecule is Cl.O=C(c1ccc2c(c1)OC(F)(F)O2)N1CCNCC1. The summed E-state index contributed by atoms with van der Waals surface area (Å²) >= 11 is 0. The van der Waals surface area contributed by atoms with E-state index in [1.807, 2.05) is 0 Å². The first kappa shape index (κ1) is 14.8. The fourth-order valence-electron chi connectivity index (χ4n) is 2.13. The zero-order chi connectivity index (χ0) is 13.5. The lowest BCUT2D eigenvalue weighted by molar-refractivity contribution is -0.286. The number of nitrogens with zero attached hydrogens (tertiary/aromatic N) is 1. The highest BCUT2D eigenvalue weighted by atomic mass is 35.5. The molecule has 1 aromatic carbocycles. The van der Waals surface area contributed by atoms with E-state index >= 15 is 0 Å². The minimum absolute atomic E-state index is 0. The Morgan fingerprint density at radius 1 is 1.20 bits per heavy atom. The van der Waals surface area contributed by atoms with E-state index in [0.717, 1.165) is 13.1 Å². The van der Waals surface area contributed by atoms with Gasteiger partial charge in [-0.05, 0) is 18.2 Å². The molecule has 2 heterocycles. The van der Waals surface area contributed by atoms with Gasteiger partial charge in [0.1, 0.15) is 0 Å². The molecule has 0 unspecified atom stereocenters. The Morgan fingerprint density at radius 3 is 2.55 bits per heavy atom. The van der Waals surface area contributed by atoms with Gasteiger partial charge in [-0.3, -0.25) is 4.79 Å². The molecule has 2 aliphatic rings. The van der Waals surface area contributed by atoms with Gasteiger partial charge in [0.15, 0.2) is 11.5 Å². The average Bonchev–Trinajstić information content (AvgIpc) is 2.71. The highest BCUT2D eigenvalue weighted by molar-refractivity contribution is 5.95. The fraction of sp³-hybridized carbons (Fsp3) is 0.417. The first-order valence-corrected chi connectivity index (χ1v) is 5.95. The molecule has 1 amide bonds. The second-order valence-corrected chi connectivity index (χ2v) is 4.37. The number of benzene rings is 1. The van der Waals surface area contributed by atoms with Crippen molar-refractivity contribution in [2.45, 2.75) is 6.29 Å². The number of nitrogens with one attached hydrogen (secondary N) is 1. The topological polar surface area (TPSA) is 50.8 Å². The van der Waals surface area contributed by atoms with Crippen LogP contribution in [0.3, 0.4) is 0 Å². The number of amides is 1. The lowest BCUT2D eigenvalue weighted by atomic mass is 10.1. The summed E-state index contributed by atoms with van der Waals surface area (Å²) in [5.41, 5.74) is 0.321. The van der Waals surface area contributed by atoms with Crippen molar-refractivity contribution in [1.29, 1.82) is 0 Å². The van der Waals surface area contributed by atoms with E-state index in [4.69, 9.17) is 0 Å². The number of hydrogen-bond acceptors (Lipinski definition) is 4. The third kappa shape index (κ3) is 2.78. The van der Waals surface area contributed by atoms with Crippen molar-refractivity contribution < 1.29 is 23.0 Å². The zero-order valence-corrected chi connectivity index (χ0v) is 11.2. The summed E-state index contributed by atoms with van der Waals surface area (Å²) in [6.07, 6.45) is -3.65. The van der Waals surface area contributed by atoms with Crippen LogP contribution in [0.1, 0.15) is 10.4 Å². The van der Waals surface area contributed by atoms with Gasteiger partial charge in [0.05, 0.1) is 0 Å². The molecule has 1 saturated heterocycles. The predicted molar refractivity (Wildman–Crippen MR) is 68.7 cm³/mol. The van der Waals surface area contributed by atoms with Crippen LogP contribution in [0.5, 0.6) is 11.5 Å². The molecule has 110 valence electrons. The lowest BCUT2D eigenvalue weighted by Crippen LogP contribution is -2.46. The number of piperazine rings is 1. The minimum atomic E-state index is -3.65. The number of carbonyl (C=O) groups is 1. The van der Waals surface area contributed by atoms with Gasteiger partial charge in [-0.1, -0.05) is 0 Å². The van der Waals surface area contributed by atoms with Gasteiger partial charge in [-0.15, -0.1) is 21.2 Å². The molecule has 20 heavy (non-hydrogen) atoms. The molecule has 0 atom stereocenters. The average molecular weight is 307 g/mol. The van der Waals surface area contributed by atoms with Crippen LogP contribution in [0, 0.1) is 0 Å². The molecule has 1 aromatic rings. The molecule has 0 spiro atoms. The van der Waals surface area contributed by atoms with Gasteiger partial charge in [0.25, 0.3) is 5.91 Å². The van der Waals surface area contributed by atoms with Crippen molar-refractivity contribution in [1.82, 2.24) is 10.2 Å². The Bertz CT molecular complexity index is 521. The second-order valence-electron chi connectivity index (χ2n) is 4.37. The molecule has 8 heteroatoms. The second kappa shape index (κ2) is 5.41. The molecular weight excluding hydrogens is 294 g/mol. The maximum Gasteiger partial charge on any atom is 0.586 e. The number of hydrogen-bond donors (Lipinski definition) is 1. The summed E-state index contributed by atoms with van der Waals surface area (Å²) in [6, 6.07) is 4.08. The Hall–Kier alpha value is -1.60. The molecule has 5 nitrogen and oxygen atoms in total. The summed E-state index contributed by atoms with van der Waals surface area (Å²) in [5, 5.41) is 3.14. The van der Waals surface area contributed by atoms with E-state index in [-0.39, 0.29) is 29.8 Å². The minimum Gasteiger partial charge on any atom is -0.395 e. The van der Waals surface area contributed by atoms with Crippen LogP contribution in [0.2, 0.25) is 0 Å². The van der Waals surface area contributed by atoms with Crippen LogP contribution in [0.25, 0.3) is 0 Å². The number of alkyl halides is 2. The quantitative estimate of drug-likeness (QED) is 0.854. The summed E-state index contributed by atoms with van der Waals surface area (Å²) < 4.78 is 34.4. The van der Waals surface area contributed by atoms with E-state index in [1.165, 1.54) is 18.2 Å². The number of fused-ring (bicyclic) bond motifs is 1. The first-order chi connectivity index (χ1) is 9.05. The van der Waals surface area contributed by atoms with Crippen molar-refractivity contribution in [2.24, 2.45) is 0 Å². The van der Waals surface area contributed by atoms with Crippen LogP contribution in [-0.2, 0) is 0 Å². The molecule has 1 N–H and O–H groups in total. The van der Waals surface area contributed by atoms with E-state index in [2.05, 4.69) is 14.8 Å². The maximum atomic E-state index is 12.9. The lowest BCUT2D eigenvalue weighted by Gasteiger charge is -2.27. The highest BCUT2D eigenvalue weighted by Crippen LogP contribution is 2.41. The van der Waals surface area contributed by atoms with Crippen molar-refractivity contribution >= 4 is 18.3 Å². The third-order valence-electron chi connectivity index (χ3n) is 3.05. The van der Waals surface area contributed by atoms with Crippen molar-refractivity contribution in [3.8, 4) is 11.5 Å². The van der Waals surface area contributed by atoms with E-state index in [0.29, 0.717) is 18.7 Å². The summed E-state index contributed by atoms with van der Waals surface area (Å²) in [4.78, 5) is 13.8. The van der Waals surface area contributed by atoms with Gasteiger partial charge in [0, 0.05) is 31.7 Å². The molecule has 3 rings (SSSR count). The molecule has 0 radical (unpaired) electrons. The normalized spacial score (nSPS) is 19.4. The summed E-state index contributed by atoms with van der Waals surface area (Å²) in [6.45, 7) is 2.66.